The van der Waals surface area contributed by atoms with E-state index in [9.17, 15) is 19.5 Å². The number of nitrogens with one attached hydrogen (secondary N) is 3. The van der Waals surface area contributed by atoms with Crippen LogP contribution in [0.25, 0.3) is 0 Å². The molecule has 4 N–H and O–H groups in total. The van der Waals surface area contributed by atoms with E-state index in [4.69, 9.17) is 9.47 Å². The van der Waals surface area contributed by atoms with Gasteiger partial charge in [-0.1, -0.05) is 32.9 Å². The van der Waals surface area contributed by atoms with Crippen molar-refractivity contribution in [3.8, 4) is 11.5 Å². The Balaban J connectivity index is 1.91. The SMILES string of the molecule is C[C@H](O)[C@@H](NC(=O)C(C)(C)C)C(=O)NNC(=O)[C@H]1COc2ccccc2O1. The van der Waals surface area contributed by atoms with E-state index in [0.29, 0.717) is 11.5 Å². The molecule has 3 atom stereocenters. The molecule has 1 aliphatic rings. The fourth-order valence-electron chi connectivity index (χ4n) is 2.19. The third-order valence-electron chi connectivity index (χ3n) is 3.84. The van der Waals surface area contributed by atoms with Crippen LogP contribution in [0.2, 0.25) is 0 Å². The first-order chi connectivity index (χ1) is 12.6. The Bertz CT molecular complexity index is 713. The Morgan fingerprint density at radius 1 is 1.15 bits per heavy atom. The Kier molecular flexibility index (Phi) is 6.27. The number of benzene rings is 1. The highest BCUT2D eigenvalue weighted by molar-refractivity contribution is 5.91. The van der Waals surface area contributed by atoms with Crippen LogP contribution in [-0.4, -0.2) is 47.7 Å². The summed E-state index contributed by atoms with van der Waals surface area (Å²) in [6.45, 7) is 6.39. The lowest BCUT2D eigenvalue weighted by atomic mass is 9.95. The first-order valence-electron chi connectivity index (χ1n) is 8.57. The van der Waals surface area contributed by atoms with Crippen LogP contribution in [0.4, 0.5) is 0 Å². The molecule has 9 heteroatoms. The van der Waals surface area contributed by atoms with Gasteiger partial charge in [-0.15, -0.1) is 0 Å². The number of hydrazine groups is 1. The van der Waals surface area contributed by atoms with Crippen molar-refractivity contribution in [2.24, 2.45) is 5.41 Å². The lowest BCUT2D eigenvalue weighted by molar-refractivity contribution is -0.139. The van der Waals surface area contributed by atoms with Crippen molar-refractivity contribution >= 4 is 17.7 Å². The quantitative estimate of drug-likeness (QED) is 0.541. The van der Waals surface area contributed by atoms with E-state index in [2.05, 4.69) is 16.2 Å². The first kappa shape index (κ1) is 20.5. The van der Waals surface area contributed by atoms with Crippen LogP contribution in [0.3, 0.4) is 0 Å². The monoisotopic (exact) mass is 379 g/mol. The van der Waals surface area contributed by atoms with Crippen LogP contribution in [0.5, 0.6) is 11.5 Å². The van der Waals surface area contributed by atoms with Gasteiger partial charge in [-0.3, -0.25) is 25.2 Å². The Hall–Kier alpha value is -2.81. The molecule has 0 saturated heterocycles. The molecule has 0 aliphatic carbocycles. The van der Waals surface area contributed by atoms with Gasteiger partial charge in [0, 0.05) is 5.41 Å². The summed E-state index contributed by atoms with van der Waals surface area (Å²) < 4.78 is 11.0. The van der Waals surface area contributed by atoms with E-state index in [0.717, 1.165) is 0 Å². The van der Waals surface area contributed by atoms with E-state index in [1.165, 1.54) is 6.92 Å². The summed E-state index contributed by atoms with van der Waals surface area (Å²) in [6.07, 6.45) is -2.11. The molecular formula is C18H25N3O6. The number of amides is 3. The van der Waals surface area contributed by atoms with Crippen LogP contribution in [0.1, 0.15) is 27.7 Å². The van der Waals surface area contributed by atoms with E-state index < -0.39 is 41.4 Å². The zero-order valence-electron chi connectivity index (χ0n) is 15.7. The molecule has 27 heavy (non-hydrogen) atoms. The lowest BCUT2D eigenvalue weighted by Crippen LogP contribution is -2.59. The Labute approximate surface area is 157 Å². The highest BCUT2D eigenvalue weighted by Crippen LogP contribution is 2.30. The fraction of sp³-hybridized carbons (Fsp3) is 0.500. The number of carbonyl (C=O) groups excluding carboxylic acids is 3. The highest BCUT2D eigenvalue weighted by atomic mass is 16.6. The summed E-state index contributed by atoms with van der Waals surface area (Å²) in [7, 11) is 0. The molecule has 9 nitrogen and oxygen atoms in total. The summed E-state index contributed by atoms with van der Waals surface area (Å²) in [5.74, 6) is -0.827. The van der Waals surface area contributed by atoms with Crippen LogP contribution in [0.15, 0.2) is 24.3 Å². The number of para-hydroxylation sites is 2. The second-order valence-corrected chi connectivity index (χ2v) is 7.28. The van der Waals surface area contributed by atoms with Crippen LogP contribution in [0, 0.1) is 5.41 Å². The van der Waals surface area contributed by atoms with E-state index in [1.807, 2.05) is 0 Å². The summed E-state index contributed by atoms with van der Waals surface area (Å²) in [5, 5.41) is 12.3. The first-order valence-corrected chi connectivity index (χ1v) is 8.57. The van der Waals surface area contributed by atoms with Gasteiger partial charge in [0.2, 0.25) is 12.0 Å². The van der Waals surface area contributed by atoms with E-state index >= 15 is 0 Å². The molecule has 0 saturated carbocycles. The van der Waals surface area contributed by atoms with Gasteiger partial charge in [-0.25, -0.2) is 0 Å². The molecule has 0 aromatic heterocycles. The zero-order valence-corrected chi connectivity index (χ0v) is 15.7. The minimum Gasteiger partial charge on any atom is -0.485 e. The topological polar surface area (TPSA) is 126 Å². The average molecular weight is 379 g/mol. The normalized spacial score (nSPS) is 18.0. The minimum absolute atomic E-state index is 0.0146. The second-order valence-electron chi connectivity index (χ2n) is 7.28. The highest BCUT2D eigenvalue weighted by Gasteiger charge is 2.32. The van der Waals surface area contributed by atoms with Gasteiger partial charge in [0.1, 0.15) is 12.6 Å². The smallest absolute Gasteiger partial charge is 0.283 e. The van der Waals surface area contributed by atoms with Crippen LogP contribution < -0.4 is 25.6 Å². The molecule has 0 fully saturated rings. The van der Waals surface area contributed by atoms with Crippen molar-refractivity contribution in [3.63, 3.8) is 0 Å². The fourth-order valence-corrected chi connectivity index (χ4v) is 2.19. The summed E-state index contributed by atoms with van der Waals surface area (Å²) >= 11 is 0. The van der Waals surface area contributed by atoms with Gasteiger partial charge in [0.15, 0.2) is 11.5 Å². The number of aliphatic hydroxyl groups is 1. The van der Waals surface area contributed by atoms with Crippen molar-refractivity contribution in [2.75, 3.05) is 6.61 Å². The maximum absolute atomic E-state index is 12.3. The minimum atomic E-state index is -1.22. The molecule has 0 bridgehead atoms. The van der Waals surface area contributed by atoms with Crippen LogP contribution in [-0.2, 0) is 14.4 Å². The molecule has 0 spiro atoms. The van der Waals surface area contributed by atoms with Gasteiger partial charge in [0.25, 0.3) is 11.8 Å². The van der Waals surface area contributed by atoms with Gasteiger partial charge < -0.3 is 19.9 Å². The number of fused-ring (bicyclic) bond motifs is 1. The third-order valence-corrected chi connectivity index (χ3v) is 3.84. The van der Waals surface area contributed by atoms with Crippen molar-refractivity contribution in [3.05, 3.63) is 24.3 Å². The predicted molar refractivity (Wildman–Crippen MR) is 95.7 cm³/mol. The number of hydrogen-bond donors (Lipinski definition) is 4. The number of rotatable bonds is 4. The van der Waals surface area contributed by atoms with Gasteiger partial charge in [0.05, 0.1) is 6.10 Å². The molecule has 148 valence electrons. The average Bonchev–Trinajstić information content (AvgIpc) is 2.62. The molecule has 3 amide bonds. The van der Waals surface area contributed by atoms with Gasteiger partial charge >= 0.3 is 0 Å². The largest absolute Gasteiger partial charge is 0.485 e. The molecule has 1 heterocycles. The Morgan fingerprint density at radius 3 is 2.37 bits per heavy atom. The predicted octanol–water partition coefficient (Wildman–Crippen LogP) is -0.114. The molecular weight excluding hydrogens is 354 g/mol. The standard InChI is InChI=1S/C18H25N3O6/c1-10(22)14(19-17(25)18(2,3)4)16(24)21-20-15(23)13-9-26-11-7-5-6-8-12(11)27-13/h5-8,10,13-14,22H,9H2,1-4H3,(H,19,25)(H,20,23)(H,21,24)/t10-,13+,14+/m0/s1. The number of aliphatic hydroxyl groups excluding tert-OH is 1. The van der Waals surface area contributed by atoms with E-state index in [-0.39, 0.29) is 6.61 Å². The zero-order chi connectivity index (χ0) is 20.2. The third kappa shape index (κ3) is 5.33. The van der Waals surface area contributed by atoms with Crippen molar-refractivity contribution in [1.29, 1.82) is 0 Å². The lowest BCUT2D eigenvalue weighted by Gasteiger charge is -2.27. The summed E-state index contributed by atoms with van der Waals surface area (Å²) in [4.78, 5) is 36.5. The summed E-state index contributed by atoms with van der Waals surface area (Å²) in [6, 6.07) is 5.69. The summed E-state index contributed by atoms with van der Waals surface area (Å²) in [5.41, 5.74) is 3.68. The molecule has 0 radical (unpaired) electrons. The van der Waals surface area contributed by atoms with Gasteiger partial charge in [-0.05, 0) is 19.1 Å². The van der Waals surface area contributed by atoms with Crippen LogP contribution >= 0.6 is 0 Å². The van der Waals surface area contributed by atoms with Crippen molar-refractivity contribution in [2.45, 2.75) is 45.9 Å². The number of carbonyl (C=O) groups is 3. The van der Waals surface area contributed by atoms with Crippen molar-refractivity contribution in [1.82, 2.24) is 16.2 Å². The number of hydrogen-bond acceptors (Lipinski definition) is 6. The number of ether oxygens (including phenoxy) is 2. The van der Waals surface area contributed by atoms with Crippen molar-refractivity contribution < 1.29 is 29.0 Å². The maximum Gasteiger partial charge on any atom is 0.283 e. The molecule has 2 rings (SSSR count). The second kappa shape index (κ2) is 8.26. The molecule has 0 unspecified atom stereocenters. The molecule has 1 aromatic carbocycles. The maximum atomic E-state index is 12.3. The molecule has 1 aliphatic heterocycles. The van der Waals surface area contributed by atoms with Gasteiger partial charge in [-0.2, -0.15) is 0 Å². The Morgan fingerprint density at radius 2 is 1.78 bits per heavy atom. The van der Waals surface area contributed by atoms with E-state index in [1.54, 1.807) is 45.0 Å². The molecule has 1 aromatic rings.